The van der Waals surface area contributed by atoms with Crippen molar-refractivity contribution in [3.05, 3.63) is 0 Å². The Bertz CT molecular complexity index is 194. The molecule has 0 fully saturated rings. The fourth-order valence-electron chi connectivity index (χ4n) is 1.08. The number of nitrogens with zero attached hydrogens (tertiary/aromatic N) is 1. The SMILES string of the molecule is CCN(CCN)CC(C(=O)O)C(=O)O. The summed E-state index contributed by atoms with van der Waals surface area (Å²) in [4.78, 5) is 22.8. The Kier molecular flexibility index (Phi) is 5.82. The van der Waals surface area contributed by atoms with Gasteiger partial charge in [0.2, 0.25) is 0 Å². The highest BCUT2D eigenvalue weighted by Gasteiger charge is 2.27. The molecule has 0 aromatic heterocycles. The molecule has 0 aliphatic heterocycles. The van der Waals surface area contributed by atoms with E-state index in [4.69, 9.17) is 15.9 Å². The van der Waals surface area contributed by atoms with Crippen molar-refractivity contribution < 1.29 is 19.8 Å². The fraction of sp³-hybridized carbons (Fsp3) is 0.750. The number of hydrogen-bond donors (Lipinski definition) is 3. The Labute approximate surface area is 82.3 Å². The van der Waals surface area contributed by atoms with E-state index >= 15 is 0 Å². The molecule has 0 heterocycles. The second-order valence-electron chi connectivity index (χ2n) is 2.91. The molecule has 0 unspecified atom stereocenters. The molecule has 0 rings (SSSR count). The van der Waals surface area contributed by atoms with Gasteiger partial charge in [0.1, 0.15) is 0 Å². The van der Waals surface area contributed by atoms with E-state index in [9.17, 15) is 9.59 Å². The van der Waals surface area contributed by atoms with Gasteiger partial charge >= 0.3 is 11.9 Å². The van der Waals surface area contributed by atoms with Crippen LogP contribution in [-0.2, 0) is 9.59 Å². The minimum absolute atomic E-state index is 0.00162. The van der Waals surface area contributed by atoms with Crippen LogP contribution in [0.15, 0.2) is 0 Å². The zero-order valence-electron chi connectivity index (χ0n) is 8.14. The van der Waals surface area contributed by atoms with Gasteiger partial charge < -0.3 is 20.8 Å². The van der Waals surface area contributed by atoms with Crippen LogP contribution < -0.4 is 5.73 Å². The number of hydrogen-bond acceptors (Lipinski definition) is 4. The van der Waals surface area contributed by atoms with Crippen LogP contribution in [-0.4, -0.2) is 53.2 Å². The van der Waals surface area contributed by atoms with Crippen LogP contribution in [0.25, 0.3) is 0 Å². The molecule has 0 atom stereocenters. The summed E-state index contributed by atoms with van der Waals surface area (Å²) >= 11 is 0. The maximum absolute atomic E-state index is 10.6. The molecule has 0 aromatic carbocycles. The lowest BCUT2D eigenvalue weighted by Crippen LogP contribution is -2.39. The summed E-state index contributed by atoms with van der Waals surface area (Å²) in [5.41, 5.74) is 5.30. The number of nitrogens with two attached hydrogens (primary N) is 1. The first-order valence-electron chi connectivity index (χ1n) is 4.41. The Hall–Kier alpha value is -1.14. The van der Waals surface area contributed by atoms with E-state index in [1.54, 1.807) is 4.90 Å². The lowest BCUT2D eigenvalue weighted by molar-refractivity contribution is -0.155. The molecule has 0 amide bonds. The van der Waals surface area contributed by atoms with Gasteiger partial charge in [0.25, 0.3) is 0 Å². The van der Waals surface area contributed by atoms with Crippen LogP contribution >= 0.6 is 0 Å². The summed E-state index contributed by atoms with van der Waals surface area (Å²) in [7, 11) is 0. The summed E-state index contributed by atoms with van der Waals surface area (Å²) in [5.74, 6) is -4.00. The quantitative estimate of drug-likeness (QED) is 0.462. The van der Waals surface area contributed by atoms with E-state index in [0.29, 0.717) is 19.6 Å². The van der Waals surface area contributed by atoms with Crippen LogP contribution in [0.5, 0.6) is 0 Å². The van der Waals surface area contributed by atoms with E-state index in [0.717, 1.165) is 0 Å². The third-order valence-electron chi connectivity index (χ3n) is 1.93. The second kappa shape index (κ2) is 6.33. The number of likely N-dealkylation sites (N-methyl/N-ethyl adjacent to an activating group) is 1. The average molecular weight is 204 g/mol. The van der Waals surface area contributed by atoms with E-state index < -0.39 is 17.9 Å². The molecule has 0 aliphatic rings. The molecule has 0 saturated carbocycles. The second-order valence-corrected chi connectivity index (χ2v) is 2.91. The summed E-state index contributed by atoms with van der Waals surface area (Å²) in [5, 5.41) is 17.2. The van der Waals surface area contributed by atoms with Gasteiger partial charge in [-0.3, -0.25) is 9.59 Å². The fourth-order valence-corrected chi connectivity index (χ4v) is 1.08. The number of carboxylic acids is 2. The van der Waals surface area contributed by atoms with Crippen molar-refractivity contribution in [2.24, 2.45) is 11.7 Å². The monoisotopic (exact) mass is 204 g/mol. The molecule has 6 heteroatoms. The van der Waals surface area contributed by atoms with Crippen LogP contribution in [0.3, 0.4) is 0 Å². The molecule has 14 heavy (non-hydrogen) atoms. The molecular weight excluding hydrogens is 188 g/mol. The van der Waals surface area contributed by atoms with Gasteiger partial charge in [-0.25, -0.2) is 0 Å². The van der Waals surface area contributed by atoms with Crippen LogP contribution in [0.1, 0.15) is 6.92 Å². The van der Waals surface area contributed by atoms with E-state index in [1.165, 1.54) is 0 Å². The van der Waals surface area contributed by atoms with Crippen molar-refractivity contribution in [3.63, 3.8) is 0 Å². The molecule has 0 saturated heterocycles. The van der Waals surface area contributed by atoms with E-state index in [-0.39, 0.29) is 6.54 Å². The zero-order chi connectivity index (χ0) is 11.1. The third kappa shape index (κ3) is 4.20. The number of carbonyl (C=O) groups is 2. The first kappa shape index (κ1) is 12.9. The van der Waals surface area contributed by atoms with Gasteiger partial charge in [-0.05, 0) is 6.54 Å². The Morgan fingerprint density at radius 3 is 2.14 bits per heavy atom. The number of aliphatic carboxylic acids is 2. The highest BCUT2D eigenvalue weighted by molar-refractivity contribution is 5.93. The van der Waals surface area contributed by atoms with Gasteiger partial charge in [0, 0.05) is 19.6 Å². The zero-order valence-corrected chi connectivity index (χ0v) is 8.14. The van der Waals surface area contributed by atoms with Gasteiger partial charge in [0.05, 0.1) is 0 Å². The van der Waals surface area contributed by atoms with Crippen LogP contribution in [0.2, 0.25) is 0 Å². The van der Waals surface area contributed by atoms with Crippen molar-refractivity contribution in [1.29, 1.82) is 0 Å². The highest BCUT2D eigenvalue weighted by Crippen LogP contribution is 2.01. The van der Waals surface area contributed by atoms with E-state index in [1.807, 2.05) is 6.92 Å². The molecular formula is C8H16N2O4. The van der Waals surface area contributed by atoms with E-state index in [2.05, 4.69) is 0 Å². The number of carboxylic acid groups (broad SMARTS) is 2. The summed E-state index contributed by atoms with van der Waals surface area (Å²) in [6, 6.07) is 0. The van der Waals surface area contributed by atoms with Gasteiger partial charge in [-0.2, -0.15) is 0 Å². The largest absolute Gasteiger partial charge is 0.481 e. The predicted molar refractivity (Wildman–Crippen MR) is 49.9 cm³/mol. The Morgan fingerprint density at radius 1 is 1.36 bits per heavy atom. The van der Waals surface area contributed by atoms with Crippen molar-refractivity contribution in [3.8, 4) is 0 Å². The normalized spacial score (nSPS) is 10.9. The van der Waals surface area contributed by atoms with Crippen molar-refractivity contribution in [2.75, 3.05) is 26.2 Å². The molecule has 0 radical (unpaired) electrons. The number of rotatable bonds is 7. The van der Waals surface area contributed by atoms with Gasteiger partial charge in [-0.1, -0.05) is 6.92 Å². The first-order chi connectivity index (χ1) is 6.52. The molecule has 0 aromatic rings. The highest BCUT2D eigenvalue weighted by atomic mass is 16.4. The first-order valence-corrected chi connectivity index (χ1v) is 4.41. The molecule has 0 bridgehead atoms. The molecule has 82 valence electrons. The topological polar surface area (TPSA) is 104 Å². The smallest absolute Gasteiger partial charge is 0.319 e. The predicted octanol–water partition coefficient (Wildman–Crippen LogP) is -0.948. The molecule has 4 N–H and O–H groups in total. The lowest BCUT2D eigenvalue weighted by Gasteiger charge is -2.21. The van der Waals surface area contributed by atoms with Crippen molar-refractivity contribution >= 4 is 11.9 Å². The minimum atomic E-state index is -1.37. The molecule has 0 spiro atoms. The summed E-state index contributed by atoms with van der Waals surface area (Å²) < 4.78 is 0. The average Bonchev–Trinajstić information content (AvgIpc) is 2.10. The molecule has 6 nitrogen and oxygen atoms in total. The summed E-state index contributed by atoms with van der Waals surface area (Å²) in [6.07, 6.45) is 0. The maximum Gasteiger partial charge on any atom is 0.319 e. The van der Waals surface area contributed by atoms with Gasteiger partial charge in [-0.15, -0.1) is 0 Å². The third-order valence-corrected chi connectivity index (χ3v) is 1.93. The Morgan fingerprint density at radius 2 is 1.86 bits per heavy atom. The standard InChI is InChI=1S/C8H16N2O4/c1-2-10(4-3-9)5-6(7(11)12)8(13)14/h6H,2-5,9H2,1H3,(H,11,12)(H,13,14). The van der Waals surface area contributed by atoms with Crippen LogP contribution in [0, 0.1) is 5.92 Å². The van der Waals surface area contributed by atoms with Gasteiger partial charge in [0.15, 0.2) is 5.92 Å². The van der Waals surface area contributed by atoms with Crippen molar-refractivity contribution in [1.82, 2.24) is 4.90 Å². The van der Waals surface area contributed by atoms with Crippen molar-refractivity contribution in [2.45, 2.75) is 6.92 Å². The van der Waals surface area contributed by atoms with Crippen LogP contribution in [0.4, 0.5) is 0 Å². The lowest BCUT2D eigenvalue weighted by atomic mass is 10.1. The molecule has 0 aliphatic carbocycles. The maximum atomic E-state index is 10.6. The Balaban J connectivity index is 4.26. The summed E-state index contributed by atoms with van der Waals surface area (Å²) in [6.45, 7) is 3.32. The minimum Gasteiger partial charge on any atom is -0.481 e.